The molecule has 1 aliphatic heterocycles. The van der Waals surface area contributed by atoms with E-state index in [-0.39, 0.29) is 18.4 Å². The number of rotatable bonds is 6. The van der Waals surface area contributed by atoms with Crippen LogP contribution in [0.15, 0.2) is 24.3 Å². The molecule has 27 heavy (non-hydrogen) atoms. The van der Waals surface area contributed by atoms with Crippen molar-refractivity contribution in [2.45, 2.75) is 20.3 Å². The molecule has 0 aromatic heterocycles. The highest BCUT2D eigenvalue weighted by atomic mass is 16.2. The van der Waals surface area contributed by atoms with E-state index >= 15 is 0 Å². The lowest BCUT2D eigenvalue weighted by Crippen LogP contribution is -2.43. The molecular weight excluding hydrogens is 346 g/mol. The van der Waals surface area contributed by atoms with Gasteiger partial charge < -0.3 is 20.9 Å². The topological polar surface area (TPSA) is 93.8 Å². The molecule has 8 heteroatoms. The molecule has 1 aromatic carbocycles. The lowest BCUT2D eigenvalue weighted by Gasteiger charge is -2.22. The van der Waals surface area contributed by atoms with E-state index in [0.717, 1.165) is 18.5 Å². The molecule has 1 heterocycles. The average Bonchev–Trinajstić information content (AvgIpc) is 2.85. The fourth-order valence-electron chi connectivity index (χ4n) is 3.00. The first-order valence-corrected chi connectivity index (χ1v) is 9.36. The van der Waals surface area contributed by atoms with E-state index < -0.39 is 6.03 Å². The van der Waals surface area contributed by atoms with Crippen LogP contribution in [0.3, 0.4) is 0 Å². The summed E-state index contributed by atoms with van der Waals surface area (Å²) in [6, 6.07) is 7.06. The first kappa shape index (κ1) is 20.7. The van der Waals surface area contributed by atoms with E-state index in [2.05, 4.69) is 20.9 Å². The van der Waals surface area contributed by atoms with Crippen LogP contribution in [0.1, 0.15) is 18.9 Å². The van der Waals surface area contributed by atoms with Crippen LogP contribution < -0.4 is 16.0 Å². The number of nitrogens with zero attached hydrogens (tertiary/aromatic N) is 2. The second-order valence-corrected chi connectivity index (χ2v) is 6.64. The van der Waals surface area contributed by atoms with Crippen LogP contribution in [-0.4, -0.2) is 73.5 Å². The third-order valence-electron chi connectivity index (χ3n) is 4.36. The molecule has 148 valence electrons. The number of nitrogens with one attached hydrogen (secondary N) is 3. The maximum atomic E-state index is 12.4. The molecule has 0 aliphatic carbocycles. The molecule has 1 saturated heterocycles. The second kappa shape index (κ2) is 10.5. The molecule has 1 aromatic rings. The van der Waals surface area contributed by atoms with Crippen LogP contribution in [0.2, 0.25) is 0 Å². The Bertz CT molecular complexity index is 665. The Morgan fingerprint density at radius 1 is 1.07 bits per heavy atom. The monoisotopic (exact) mass is 375 g/mol. The number of anilines is 1. The summed E-state index contributed by atoms with van der Waals surface area (Å²) in [4.78, 5) is 39.8. The van der Waals surface area contributed by atoms with Gasteiger partial charge in [0, 0.05) is 38.4 Å². The minimum atomic E-state index is -0.401. The summed E-state index contributed by atoms with van der Waals surface area (Å²) in [5.74, 6) is -0.110. The molecule has 1 aliphatic rings. The molecule has 0 spiro atoms. The summed E-state index contributed by atoms with van der Waals surface area (Å²) < 4.78 is 0. The van der Waals surface area contributed by atoms with Gasteiger partial charge in [-0.15, -0.1) is 0 Å². The Balaban J connectivity index is 1.74. The Hall–Kier alpha value is -2.61. The SMILES string of the molecule is CCNC(=O)CN1CCCN(C(=O)CNC(=O)Nc2cccc(C)c2)CC1. The molecular formula is C19H29N5O3. The summed E-state index contributed by atoms with van der Waals surface area (Å²) in [6.07, 6.45) is 0.806. The zero-order chi connectivity index (χ0) is 19.6. The van der Waals surface area contributed by atoms with Gasteiger partial charge in [0.25, 0.3) is 0 Å². The molecule has 2 rings (SSSR count). The highest BCUT2D eigenvalue weighted by molar-refractivity contribution is 5.92. The Morgan fingerprint density at radius 2 is 1.89 bits per heavy atom. The predicted octanol–water partition coefficient (Wildman–Crippen LogP) is 0.787. The third kappa shape index (κ3) is 7.26. The largest absolute Gasteiger partial charge is 0.355 e. The van der Waals surface area contributed by atoms with Crippen molar-refractivity contribution in [3.63, 3.8) is 0 Å². The smallest absolute Gasteiger partial charge is 0.319 e. The molecule has 0 atom stereocenters. The minimum absolute atomic E-state index is 0.00626. The highest BCUT2D eigenvalue weighted by Crippen LogP contribution is 2.09. The molecule has 0 unspecified atom stereocenters. The van der Waals surface area contributed by atoms with Crippen molar-refractivity contribution in [3.8, 4) is 0 Å². The number of carbonyl (C=O) groups excluding carboxylic acids is 3. The first-order valence-electron chi connectivity index (χ1n) is 9.36. The number of urea groups is 1. The predicted molar refractivity (Wildman–Crippen MR) is 105 cm³/mol. The zero-order valence-electron chi connectivity index (χ0n) is 16.1. The van der Waals surface area contributed by atoms with Crippen molar-refractivity contribution >= 4 is 23.5 Å². The van der Waals surface area contributed by atoms with Crippen molar-refractivity contribution in [1.82, 2.24) is 20.4 Å². The van der Waals surface area contributed by atoms with Gasteiger partial charge in [-0.25, -0.2) is 4.79 Å². The number of amides is 4. The molecule has 4 amide bonds. The van der Waals surface area contributed by atoms with Crippen molar-refractivity contribution in [3.05, 3.63) is 29.8 Å². The van der Waals surface area contributed by atoms with Crippen molar-refractivity contribution < 1.29 is 14.4 Å². The van der Waals surface area contributed by atoms with E-state index in [4.69, 9.17) is 0 Å². The maximum Gasteiger partial charge on any atom is 0.319 e. The normalized spacial score (nSPS) is 15.0. The van der Waals surface area contributed by atoms with Gasteiger partial charge in [0.2, 0.25) is 11.8 Å². The van der Waals surface area contributed by atoms with Crippen LogP contribution in [0.25, 0.3) is 0 Å². The first-order chi connectivity index (χ1) is 13.0. The van der Waals surface area contributed by atoms with Gasteiger partial charge in [-0.2, -0.15) is 0 Å². The Labute approximate surface area is 160 Å². The lowest BCUT2D eigenvalue weighted by atomic mass is 10.2. The van der Waals surface area contributed by atoms with Crippen LogP contribution in [0.5, 0.6) is 0 Å². The third-order valence-corrected chi connectivity index (χ3v) is 4.36. The molecule has 0 saturated carbocycles. The van der Waals surface area contributed by atoms with Crippen LogP contribution in [0, 0.1) is 6.92 Å². The lowest BCUT2D eigenvalue weighted by molar-refractivity contribution is -0.129. The standard InChI is InChI=1S/C19H29N5O3/c1-3-20-17(25)14-23-8-5-9-24(11-10-23)18(26)13-21-19(27)22-16-7-4-6-15(2)12-16/h4,6-7,12H,3,5,8-11,13-14H2,1-2H3,(H,20,25)(H2,21,22,27). The fourth-order valence-corrected chi connectivity index (χ4v) is 3.00. The maximum absolute atomic E-state index is 12.4. The van der Waals surface area contributed by atoms with Crippen molar-refractivity contribution in [1.29, 1.82) is 0 Å². The average molecular weight is 375 g/mol. The number of hydrogen-bond donors (Lipinski definition) is 3. The second-order valence-electron chi connectivity index (χ2n) is 6.64. The van der Waals surface area contributed by atoms with Gasteiger partial charge in [-0.1, -0.05) is 12.1 Å². The summed E-state index contributed by atoms with van der Waals surface area (Å²) in [5.41, 5.74) is 1.74. The van der Waals surface area contributed by atoms with E-state index in [1.807, 2.05) is 32.0 Å². The van der Waals surface area contributed by atoms with Gasteiger partial charge in [0.05, 0.1) is 13.1 Å². The number of benzene rings is 1. The number of hydrogen-bond acceptors (Lipinski definition) is 4. The van der Waals surface area contributed by atoms with Crippen molar-refractivity contribution in [2.24, 2.45) is 0 Å². The fraction of sp³-hybridized carbons (Fsp3) is 0.526. The van der Waals surface area contributed by atoms with Gasteiger partial charge in [-0.05, 0) is 38.0 Å². The quantitative estimate of drug-likeness (QED) is 0.685. The van der Waals surface area contributed by atoms with E-state index in [1.54, 1.807) is 11.0 Å². The molecule has 3 N–H and O–H groups in total. The molecule has 8 nitrogen and oxygen atoms in total. The summed E-state index contributed by atoms with van der Waals surface area (Å²) in [5, 5.41) is 8.12. The molecule has 0 bridgehead atoms. The molecule has 1 fully saturated rings. The summed E-state index contributed by atoms with van der Waals surface area (Å²) in [6.45, 7) is 7.38. The van der Waals surface area contributed by atoms with E-state index in [1.165, 1.54) is 0 Å². The summed E-state index contributed by atoms with van der Waals surface area (Å²) >= 11 is 0. The zero-order valence-corrected chi connectivity index (χ0v) is 16.1. The Kier molecular flexibility index (Phi) is 8.06. The number of aryl methyl sites for hydroxylation is 1. The van der Waals surface area contributed by atoms with Crippen LogP contribution >= 0.6 is 0 Å². The molecule has 0 radical (unpaired) electrons. The summed E-state index contributed by atoms with van der Waals surface area (Å²) in [7, 11) is 0. The van der Waals surface area contributed by atoms with E-state index in [9.17, 15) is 14.4 Å². The van der Waals surface area contributed by atoms with Gasteiger partial charge >= 0.3 is 6.03 Å². The van der Waals surface area contributed by atoms with Gasteiger partial charge in [-0.3, -0.25) is 14.5 Å². The number of likely N-dealkylation sites (N-methyl/N-ethyl adjacent to an activating group) is 1. The van der Waals surface area contributed by atoms with Gasteiger partial charge in [0.1, 0.15) is 0 Å². The highest BCUT2D eigenvalue weighted by Gasteiger charge is 2.20. The van der Waals surface area contributed by atoms with Crippen molar-refractivity contribution in [2.75, 3.05) is 51.1 Å². The number of carbonyl (C=O) groups is 3. The minimum Gasteiger partial charge on any atom is -0.355 e. The van der Waals surface area contributed by atoms with Crippen LogP contribution in [-0.2, 0) is 9.59 Å². The van der Waals surface area contributed by atoms with E-state index in [0.29, 0.717) is 38.4 Å². The van der Waals surface area contributed by atoms with Gasteiger partial charge in [0.15, 0.2) is 0 Å². The van der Waals surface area contributed by atoms with Crippen LogP contribution in [0.4, 0.5) is 10.5 Å². The Morgan fingerprint density at radius 3 is 2.63 bits per heavy atom.